The number of hydrogen-bond donors (Lipinski definition) is 2. The Morgan fingerprint density at radius 3 is 2.76 bits per heavy atom. The van der Waals surface area contributed by atoms with E-state index in [1.54, 1.807) is 0 Å². The highest BCUT2D eigenvalue weighted by Crippen LogP contribution is 2.30. The lowest BCUT2D eigenvalue weighted by molar-refractivity contribution is -0.118. The van der Waals surface area contributed by atoms with Crippen molar-refractivity contribution >= 4 is 15.9 Å². The van der Waals surface area contributed by atoms with Crippen LogP contribution in [-0.4, -0.2) is 29.7 Å². The molecule has 0 saturated heterocycles. The van der Waals surface area contributed by atoms with Gasteiger partial charge in [-0.2, -0.15) is 4.98 Å². The van der Waals surface area contributed by atoms with Crippen molar-refractivity contribution in [3.8, 4) is 11.4 Å². The summed E-state index contributed by atoms with van der Waals surface area (Å²) in [5.41, 5.74) is 4.88. The summed E-state index contributed by atoms with van der Waals surface area (Å²) >= 11 is 0. The lowest BCUT2D eigenvalue weighted by Gasteiger charge is -2.13. The molecule has 1 amide bonds. The van der Waals surface area contributed by atoms with Gasteiger partial charge in [0, 0.05) is 0 Å². The predicted molar refractivity (Wildman–Crippen MR) is 81.3 cm³/mol. The highest BCUT2D eigenvalue weighted by molar-refractivity contribution is 7.90. The molecule has 1 fully saturated rings. The van der Waals surface area contributed by atoms with Gasteiger partial charge in [0.1, 0.15) is 17.7 Å². The van der Waals surface area contributed by atoms with Gasteiger partial charge in [0.25, 0.3) is 0 Å². The van der Waals surface area contributed by atoms with E-state index in [4.69, 9.17) is 10.3 Å². The third kappa shape index (κ3) is 3.99. The van der Waals surface area contributed by atoms with Gasteiger partial charge < -0.3 is 10.3 Å². The predicted octanol–water partition coefficient (Wildman–Crippen LogP) is 1.01. The summed E-state index contributed by atoms with van der Waals surface area (Å²) in [4.78, 5) is 15.1. The summed E-state index contributed by atoms with van der Waals surface area (Å²) in [6, 6.07) is 1.53. The number of sulfonamides is 1. The Hall–Kier alpha value is -2.40. The van der Waals surface area contributed by atoms with E-state index in [2.05, 4.69) is 14.9 Å². The number of nitrogens with zero attached hydrogens (tertiary/aromatic N) is 2. The van der Waals surface area contributed by atoms with E-state index in [1.807, 2.05) is 0 Å². The quantitative estimate of drug-likeness (QED) is 0.746. The zero-order chi connectivity index (χ0) is 18.2. The van der Waals surface area contributed by atoms with E-state index >= 15 is 0 Å². The number of rotatable bonds is 7. The van der Waals surface area contributed by atoms with Gasteiger partial charge in [-0.3, -0.25) is 4.79 Å². The molecule has 25 heavy (non-hydrogen) atoms. The molecule has 1 saturated carbocycles. The minimum absolute atomic E-state index is 0.252. The number of carbonyl (C=O) groups is 1. The van der Waals surface area contributed by atoms with Crippen molar-refractivity contribution in [2.24, 2.45) is 5.73 Å². The number of hydrogen-bond acceptors (Lipinski definition) is 6. The van der Waals surface area contributed by atoms with Crippen LogP contribution in [0, 0.1) is 11.6 Å². The zero-order valence-electron chi connectivity index (χ0n) is 12.8. The molecule has 1 atom stereocenters. The topological polar surface area (TPSA) is 128 Å². The molecule has 11 heteroatoms. The Morgan fingerprint density at radius 2 is 2.12 bits per heavy atom. The molecule has 1 heterocycles. The number of amides is 1. The van der Waals surface area contributed by atoms with Crippen molar-refractivity contribution in [3.05, 3.63) is 35.7 Å². The standard InChI is InChI=1S/C14H14F2N4O4S/c15-7-1-4-10(16)9(5-7)13-18-14(24-19-13)11(6-12(17)21)20-25(22,23)8-2-3-8/h1,4-5,8,11,20H,2-3,6H2,(H2,17,21)/t11-/m0/s1. The molecule has 134 valence electrons. The van der Waals surface area contributed by atoms with E-state index in [9.17, 15) is 22.0 Å². The molecular formula is C14H14F2N4O4S. The highest BCUT2D eigenvalue weighted by atomic mass is 32.2. The van der Waals surface area contributed by atoms with Gasteiger partial charge in [0.05, 0.1) is 17.2 Å². The first-order valence-corrected chi connectivity index (χ1v) is 8.89. The lowest BCUT2D eigenvalue weighted by atomic mass is 10.2. The van der Waals surface area contributed by atoms with Crippen LogP contribution in [0.5, 0.6) is 0 Å². The van der Waals surface area contributed by atoms with Gasteiger partial charge in [-0.1, -0.05) is 5.16 Å². The molecule has 1 aliphatic carbocycles. The molecule has 8 nitrogen and oxygen atoms in total. The SMILES string of the molecule is NC(=O)C[C@H](NS(=O)(=O)C1CC1)c1nc(-c2cc(F)ccc2F)no1. The van der Waals surface area contributed by atoms with Gasteiger partial charge in [0.2, 0.25) is 27.6 Å². The van der Waals surface area contributed by atoms with Crippen LogP contribution in [0.15, 0.2) is 22.7 Å². The maximum Gasteiger partial charge on any atom is 0.245 e. The molecule has 0 bridgehead atoms. The number of nitrogens with one attached hydrogen (secondary N) is 1. The Labute approximate surface area is 141 Å². The van der Waals surface area contributed by atoms with Crippen molar-refractivity contribution in [1.82, 2.24) is 14.9 Å². The third-order valence-corrected chi connectivity index (χ3v) is 5.55. The van der Waals surface area contributed by atoms with Crippen LogP contribution < -0.4 is 10.5 Å². The van der Waals surface area contributed by atoms with Crippen LogP contribution >= 0.6 is 0 Å². The van der Waals surface area contributed by atoms with Crippen LogP contribution in [-0.2, 0) is 14.8 Å². The first-order valence-electron chi connectivity index (χ1n) is 7.35. The average Bonchev–Trinajstić information content (AvgIpc) is 3.28. The van der Waals surface area contributed by atoms with Gasteiger partial charge in [-0.15, -0.1) is 0 Å². The van der Waals surface area contributed by atoms with E-state index in [0.29, 0.717) is 12.8 Å². The fraction of sp³-hybridized carbons (Fsp3) is 0.357. The lowest BCUT2D eigenvalue weighted by Crippen LogP contribution is -2.34. The smallest absolute Gasteiger partial charge is 0.245 e. The Balaban J connectivity index is 1.90. The van der Waals surface area contributed by atoms with Crippen molar-refractivity contribution in [2.45, 2.75) is 30.6 Å². The second-order valence-electron chi connectivity index (χ2n) is 5.67. The summed E-state index contributed by atoms with van der Waals surface area (Å²) in [5, 5.41) is 2.99. The number of carbonyl (C=O) groups excluding carboxylic acids is 1. The van der Waals surface area contributed by atoms with Crippen LogP contribution in [0.25, 0.3) is 11.4 Å². The Morgan fingerprint density at radius 1 is 1.40 bits per heavy atom. The monoisotopic (exact) mass is 372 g/mol. The number of nitrogens with two attached hydrogens (primary N) is 1. The first kappa shape index (κ1) is 17.4. The first-order chi connectivity index (χ1) is 11.8. The minimum atomic E-state index is -3.67. The van der Waals surface area contributed by atoms with Gasteiger partial charge in [-0.05, 0) is 31.0 Å². The van der Waals surface area contributed by atoms with Crippen molar-refractivity contribution in [1.29, 1.82) is 0 Å². The number of halogens is 2. The molecular weight excluding hydrogens is 358 g/mol. The molecule has 1 aromatic heterocycles. The summed E-state index contributed by atoms with van der Waals surface area (Å²) in [5.74, 6) is -2.81. The maximum atomic E-state index is 13.8. The highest BCUT2D eigenvalue weighted by Gasteiger charge is 2.38. The third-order valence-electron chi connectivity index (χ3n) is 3.58. The molecule has 0 unspecified atom stereocenters. The normalized spacial score (nSPS) is 15.9. The van der Waals surface area contributed by atoms with Gasteiger partial charge in [0.15, 0.2) is 0 Å². The Kier molecular flexibility index (Phi) is 4.52. The second-order valence-corrected chi connectivity index (χ2v) is 7.66. The van der Waals surface area contributed by atoms with Crippen molar-refractivity contribution in [3.63, 3.8) is 0 Å². The fourth-order valence-electron chi connectivity index (χ4n) is 2.21. The fourth-order valence-corrected chi connectivity index (χ4v) is 3.74. The van der Waals surface area contributed by atoms with Gasteiger partial charge in [-0.25, -0.2) is 21.9 Å². The zero-order valence-corrected chi connectivity index (χ0v) is 13.6. The Bertz CT molecular complexity index is 911. The molecule has 1 aliphatic rings. The van der Waals surface area contributed by atoms with Crippen LogP contribution in [0.4, 0.5) is 8.78 Å². The molecule has 0 aliphatic heterocycles. The molecule has 0 radical (unpaired) electrons. The molecule has 1 aromatic carbocycles. The minimum Gasteiger partial charge on any atom is -0.370 e. The summed E-state index contributed by atoms with van der Waals surface area (Å²) < 4.78 is 58.5. The summed E-state index contributed by atoms with van der Waals surface area (Å²) in [6.07, 6.45) is 0.615. The number of benzene rings is 1. The second kappa shape index (κ2) is 6.48. The molecule has 3 rings (SSSR count). The van der Waals surface area contributed by atoms with Crippen LogP contribution in [0.1, 0.15) is 31.2 Å². The van der Waals surface area contributed by atoms with Crippen molar-refractivity contribution < 1.29 is 26.5 Å². The molecule has 2 aromatic rings. The number of primary amides is 1. The largest absolute Gasteiger partial charge is 0.370 e. The van der Waals surface area contributed by atoms with E-state index in [1.165, 1.54) is 0 Å². The summed E-state index contributed by atoms with van der Waals surface area (Å²) in [7, 11) is -3.67. The molecule has 0 spiro atoms. The average molecular weight is 372 g/mol. The van der Waals surface area contributed by atoms with E-state index in [0.717, 1.165) is 18.2 Å². The summed E-state index contributed by atoms with van der Waals surface area (Å²) in [6.45, 7) is 0. The van der Waals surface area contributed by atoms with Crippen molar-refractivity contribution in [2.75, 3.05) is 0 Å². The van der Waals surface area contributed by atoms with Gasteiger partial charge >= 0.3 is 0 Å². The van der Waals surface area contributed by atoms with Crippen LogP contribution in [0.3, 0.4) is 0 Å². The van der Waals surface area contributed by atoms with E-state index < -0.39 is 45.3 Å². The van der Waals surface area contributed by atoms with Crippen LogP contribution in [0.2, 0.25) is 0 Å². The molecule has 3 N–H and O–H groups in total. The number of aromatic nitrogens is 2. The maximum absolute atomic E-state index is 13.8. The van der Waals surface area contributed by atoms with E-state index in [-0.39, 0.29) is 17.3 Å².